The van der Waals surface area contributed by atoms with Crippen molar-refractivity contribution in [1.82, 2.24) is 9.62 Å². The Labute approximate surface area is 164 Å². The van der Waals surface area contributed by atoms with E-state index in [0.717, 1.165) is 5.75 Å². The van der Waals surface area contributed by atoms with Crippen molar-refractivity contribution in [3.63, 3.8) is 0 Å². The minimum absolute atomic E-state index is 0.0826. The largest absolute Gasteiger partial charge is 0.494 e. The minimum Gasteiger partial charge on any atom is -0.494 e. The molecule has 0 spiro atoms. The third-order valence-corrected chi connectivity index (χ3v) is 7.71. The first-order valence-electron chi connectivity index (χ1n) is 9.06. The van der Waals surface area contributed by atoms with Crippen LogP contribution in [0.15, 0.2) is 52.1 Å². The van der Waals surface area contributed by atoms with Crippen LogP contribution >= 0.6 is 11.3 Å². The molecule has 2 aromatic rings. The van der Waals surface area contributed by atoms with Crippen molar-refractivity contribution in [2.75, 3.05) is 26.2 Å². The SMILES string of the molecule is O=C(NCCCOc1ccccc1)C1CCCN(S(=O)(=O)c2cccs2)C1. The summed E-state index contributed by atoms with van der Waals surface area (Å²) in [5.41, 5.74) is 0. The van der Waals surface area contributed by atoms with Gasteiger partial charge in [0.2, 0.25) is 5.91 Å². The Morgan fingerprint density at radius 3 is 2.78 bits per heavy atom. The van der Waals surface area contributed by atoms with E-state index in [-0.39, 0.29) is 18.4 Å². The molecule has 1 saturated heterocycles. The van der Waals surface area contributed by atoms with E-state index < -0.39 is 10.0 Å². The van der Waals surface area contributed by atoms with Crippen LogP contribution in [0.3, 0.4) is 0 Å². The summed E-state index contributed by atoms with van der Waals surface area (Å²) in [7, 11) is -3.49. The second kappa shape index (κ2) is 9.34. The van der Waals surface area contributed by atoms with E-state index in [9.17, 15) is 13.2 Å². The van der Waals surface area contributed by atoms with E-state index in [1.807, 2.05) is 30.3 Å². The van der Waals surface area contributed by atoms with Crippen molar-refractivity contribution in [3.05, 3.63) is 47.8 Å². The lowest BCUT2D eigenvalue weighted by molar-refractivity contribution is -0.126. The Kier molecular flexibility index (Phi) is 6.87. The molecule has 146 valence electrons. The van der Waals surface area contributed by atoms with Crippen LogP contribution in [-0.4, -0.2) is 44.9 Å². The molecule has 1 N–H and O–H groups in total. The number of amides is 1. The molecule has 1 aliphatic rings. The first kappa shape index (κ1) is 19.9. The van der Waals surface area contributed by atoms with E-state index >= 15 is 0 Å². The molecular formula is C19H24N2O4S2. The smallest absolute Gasteiger partial charge is 0.252 e. The summed E-state index contributed by atoms with van der Waals surface area (Å²) in [6.45, 7) is 1.75. The van der Waals surface area contributed by atoms with Gasteiger partial charge in [-0.25, -0.2) is 8.42 Å². The lowest BCUT2D eigenvalue weighted by Crippen LogP contribution is -2.45. The van der Waals surface area contributed by atoms with Crippen molar-refractivity contribution in [1.29, 1.82) is 0 Å². The Balaban J connectivity index is 1.43. The van der Waals surface area contributed by atoms with Crippen LogP contribution in [0, 0.1) is 5.92 Å². The highest BCUT2D eigenvalue weighted by molar-refractivity contribution is 7.91. The molecule has 0 aliphatic carbocycles. The van der Waals surface area contributed by atoms with Gasteiger partial charge >= 0.3 is 0 Å². The van der Waals surface area contributed by atoms with Gasteiger partial charge < -0.3 is 10.1 Å². The average molecular weight is 409 g/mol. The molecule has 1 aromatic heterocycles. The number of sulfonamides is 1. The molecule has 0 bridgehead atoms. The topological polar surface area (TPSA) is 75.7 Å². The maximum absolute atomic E-state index is 12.6. The van der Waals surface area contributed by atoms with Crippen molar-refractivity contribution in [3.8, 4) is 5.75 Å². The highest BCUT2D eigenvalue weighted by Gasteiger charge is 2.33. The normalized spacial score (nSPS) is 18.1. The second-order valence-corrected chi connectivity index (χ2v) is 9.55. The zero-order valence-electron chi connectivity index (χ0n) is 15.0. The third kappa shape index (κ3) is 5.31. The average Bonchev–Trinajstić information content (AvgIpc) is 3.24. The highest BCUT2D eigenvalue weighted by atomic mass is 32.2. The maximum atomic E-state index is 12.6. The first-order chi connectivity index (χ1) is 13.1. The summed E-state index contributed by atoms with van der Waals surface area (Å²) in [6.07, 6.45) is 2.10. The molecule has 1 atom stereocenters. The molecule has 1 aliphatic heterocycles. The van der Waals surface area contributed by atoms with Gasteiger partial charge in [-0.05, 0) is 42.8 Å². The van der Waals surface area contributed by atoms with Gasteiger partial charge in [-0.15, -0.1) is 11.3 Å². The summed E-state index contributed by atoms with van der Waals surface area (Å²) >= 11 is 1.21. The molecule has 27 heavy (non-hydrogen) atoms. The number of nitrogens with one attached hydrogen (secondary N) is 1. The summed E-state index contributed by atoms with van der Waals surface area (Å²) < 4.78 is 32.6. The Morgan fingerprint density at radius 1 is 1.22 bits per heavy atom. The number of ether oxygens (including phenoxy) is 1. The van der Waals surface area contributed by atoms with E-state index in [4.69, 9.17) is 4.74 Å². The lowest BCUT2D eigenvalue weighted by atomic mass is 9.99. The molecule has 3 rings (SSSR count). The van der Waals surface area contributed by atoms with Crippen molar-refractivity contribution < 1.29 is 17.9 Å². The van der Waals surface area contributed by atoms with Gasteiger partial charge in [-0.1, -0.05) is 24.3 Å². The molecular weight excluding hydrogens is 384 g/mol. The number of carbonyl (C=O) groups is 1. The van der Waals surface area contributed by atoms with E-state index in [1.165, 1.54) is 15.6 Å². The van der Waals surface area contributed by atoms with E-state index in [1.54, 1.807) is 17.5 Å². The van der Waals surface area contributed by atoms with Gasteiger partial charge in [0.05, 0.1) is 12.5 Å². The number of piperidine rings is 1. The lowest BCUT2D eigenvalue weighted by Gasteiger charge is -2.30. The van der Waals surface area contributed by atoms with E-state index in [0.29, 0.717) is 43.2 Å². The maximum Gasteiger partial charge on any atom is 0.252 e. The summed E-state index contributed by atoms with van der Waals surface area (Å²) in [5, 5.41) is 4.66. The van der Waals surface area contributed by atoms with Gasteiger partial charge in [0.15, 0.2) is 0 Å². The molecule has 2 heterocycles. The zero-order chi connectivity index (χ0) is 19.1. The highest BCUT2D eigenvalue weighted by Crippen LogP contribution is 2.26. The van der Waals surface area contributed by atoms with Gasteiger partial charge in [0, 0.05) is 19.6 Å². The minimum atomic E-state index is -3.49. The second-order valence-electron chi connectivity index (χ2n) is 6.44. The molecule has 0 saturated carbocycles. The summed E-state index contributed by atoms with van der Waals surface area (Å²) in [6, 6.07) is 12.9. The number of rotatable bonds is 8. The number of hydrogen-bond acceptors (Lipinski definition) is 5. The van der Waals surface area contributed by atoms with Crippen LogP contribution in [0.25, 0.3) is 0 Å². The van der Waals surface area contributed by atoms with Crippen LogP contribution < -0.4 is 10.1 Å². The van der Waals surface area contributed by atoms with Crippen LogP contribution in [0.2, 0.25) is 0 Å². The molecule has 1 aromatic carbocycles. The fourth-order valence-corrected chi connectivity index (χ4v) is 5.72. The number of nitrogens with zero attached hydrogens (tertiary/aromatic N) is 1. The fourth-order valence-electron chi connectivity index (χ4n) is 3.05. The Morgan fingerprint density at radius 2 is 2.04 bits per heavy atom. The van der Waals surface area contributed by atoms with Crippen molar-refractivity contribution in [2.45, 2.75) is 23.5 Å². The van der Waals surface area contributed by atoms with Gasteiger partial charge in [-0.2, -0.15) is 4.31 Å². The Hall–Kier alpha value is -1.90. The fraction of sp³-hybridized carbons (Fsp3) is 0.421. The van der Waals surface area contributed by atoms with Crippen LogP contribution in [0.1, 0.15) is 19.3 Å². The standard InChI is InChI=1S/C19H24N2O4S2/c22-19(20-11-6-13-25-17-8-2-1-3-9-17)16-7-4-12-21(15-16)27(23,24)18-10-5-14-26-18/h1-3,5,8-10,14,16H,4,6-7,11-13,15H2,(H,20,22). The monoisotopic (exact) mass is 408 g/mol. The molecule has 6 nitrogen and oxygen atoms in total. The summed E-state index contributed by atoms with van der Waals surface area (Å²) in [5.74, 6) is 0.426. The first-order valence-corrected chi connectivity index (χ1v) is 11.4. The summed E-state index contributed by atoms with van der Waals surface area (Å²) in [4.78, 5) is 12.4. The van der Waals surface area contributed by atoms with Crippen LogP contribution in [0.4, 0.5) is 0 Å². The van der Waals surface area contributed by atoms with Crippen LogP contribution in [-0.2, 0) is 14.8 Å². The molecule has 1 amide bonds. The number of benzene rings is 1. The number of thiophene rings is 1. The van der Waals surface area contributed by atoms with Crippen LogP contribution in [0.5, 0.6) is 5.75 Å². The predicted molar refractivity (Wildman–Crippen MR) is 105 cm³/mol. The van der Waals surface area contributed by atoms with Gasteiger partial charge in [0.25, 0.3) is 10.0 Å². The molecule has 0 radical (unpaired) electrons. The molecule has 8 heteroatoms. The quantitative estimate of drug-likeness (QED) is 0.682. The third-order valence-electron chi connectivity index (χ3n) is 4.48. The zero-order valence-corrected chi connectivity index (χ0v) is 16.7. The Bertz CT molecular complexity index is 823. The van der Waals surface area contributed by atoms with Crippen molar-refractivity contribution >= 4 is 27.3 Å². The number of para-hydroxylation sites is 1. The van der Waals surface area contributed by atoms with E-state index in [2.05, 4.69) is 5.32 Å². The number of hydrogen-bond donors (Lipinski definition) is 1. The number of carbonyl (C=O) groups excluding carboxylic acids is 1. The van der Waals surface area contributed by atoms with Gasteiger partial charge in [0.1, 0.15) is 9.96 Å². The molecule has 1 fully saturated rings. The molecule has 1 unspecified atom stereocenters. The predicted octanol–water partition coefficient (Wildman–Crippen LogP) is 2.73. The van der Waals surface area contributed by atoms with Crippen molar-refractivity contribution in [2.24, 2.45) is 5.92 Å². The van der Waals surface area contributed by atoms with Gasteiger partial charge in [-0.3, -0.25) is 4.79 Å².